The second kappa shape index (κ2) is 4.37. The van der Waals surface area contributed by atoms with Crippen LogP contribution in [0.25, 0.3) is 16.8 Å². The average molecular weight is 233 g/mol. The predicted octanol–water partition coefficient (Wildman–Crippen LogP) is 3.59. The third-order valence-electron chi connectivity index (χ3n) is 2.29. The summed E-state index contributed by atoms with van der Waals surface area (Å²) < 4.78 is 0. The highest BCUT2D eigenvalue weighted by molar-refractivity contribution is 6.36. The highest BCUT2D eigenvalue weighted by atomic mass is 35.5. The molecule has 2 aromatic carbocycles. The lowest BCUT2D eigenvalue weighted by atomic mass is 10.0. The molecular weight excluding hydrogens is 224 g/mol. The Hall–Kier alpha value is -1.80. The van der Waals surface area contributed by atoms with Crippen LogP contribution in [0.15, 0.2) is 42.5 Å². The lowest BCUT2D eigenvalue weighted by Crippen LogP contribution is -1.86. The molecule has 0 saturated carbocycles. The van der Waals surface area contributed by atoms with Crippen LogP contribution in [-0.2, 0) is 4.79 Å². The first-order chi connectivity index (χ1) is 7.68. The normalized spacial score (nSPS) is 11.1. The molecule has 16 heavy (non-hydrogen) atoms. The van der Waals surface area contributed by atoms with Gasteiger partial charge >= 0.3 is 5.97 Å². The molecule has 0 atom stereocenters. The summed E-state index contributed by atoms with van der Waals surface area (Å²) >= 11 is 6.10. The van der Waals surface area contributed by atoms with Crippen LogP contribution in [0.4, 0.5) is 0 Å². The number of hydrogen-bond donors (Lipinski definition) is 1. The zero-order chi connectivity index (χ0) is 11.5. The van der Waals surface area contributed by atoms with Crippen molar-refractivity contribution in [1.82, 2.24) is 0 Å². The van der Waals surface area contributed by atoms with Crippen molar-refractivity contribution in [3.8, 4) is 0 Å². The number of aliphatic carboxylic acids is 1. The van der Waals surface area contributed by atoms with Gasteiger partial charge in [0, 0.05) is 16.5 Å². The van der Waals surface area contributed by atoms with Gasteiger partial charge in [0.25, 0.3) is 0 Å². The highest BCUT2D eigenvalue weighted by Gasteiger charge is 2.02. The molecule has 0 amide bonds. The van der Waals surface area contributed by atoms with E-state index in [-0.39, 0.29) is 0 Å². The summed E-state index contributed by atoms with van der Waals surface area (Å²) in [5.41, 5.74) is 0.811. The largest absolute Gasteiger partial charge is 0.478 e. The number of benzene rings is 2. The van der Waals surface area contributed by atoms with Crippen molar-refractivity contribution in [2.75, 3.05) is 0 Å². The van der Waals surface area contributed by atoms with Gasteiger partial charge in [0.2, 0.25) is 0 Å². The topological polar surface area (TPSA) is 37.3 Å². The molecule has 0 radical (unpaired) electrons. The van der Waals surface area contributed by atoms with Crippen LogP contribution in [-0.4, -0.2) is 11.1 Å². The van der Waals surface area contributed by atoms with Gasteiger partial charge in [0.1, 0.15) is 0 Å². The molecule has 1 N–H and O–H groups in total. The van der Waals surface area contributed by atoms with E-state index in [9.17, 15) is 4.79 Å². The molecule has 0 aliphatic carbocycles. The van der Waals surface area contributed by atoms with Gasteiger partial charge in [-0.1, -0.05) is 41.9 Å². The van der Waals surface area contributed by atoms with Crippen LogP contribution in [0.1, 0.15) is 5.56 Å². The number of hydrogen-bond acceptors (Lipinski definition) is 1. The van der Waals surface area contributed by atoms with Crippen LogP contribution in [0.3, 0.4) is 0 Å². The summed E-state index contributed by atoms with van der Waals surface area (Å²) in [4.78, 5) is 10.5. The van der Waals surface area contributed by atoms with Crippen LogP contribution in [0, 0.1) is 0 Å². The summed E-state index contributed by atoms with van der Waals surface area (Å²) in [6.07, 6.45) is 2.66. The summed E-state index contributed by atoms with van der Waals surface area (Å²) in [5.74, 6) is -0.968. The average Bonchev–Trinajstić information content (AvgIpc) is 2.26. The monoisotopic (exact) mass is 232 g/mol. The van der Waals surface area contributed by atoms with E-state index in [2.05, 4.69) is 0 Å². The van der Waals surface area contributed by atoms with E-state index < -0.39 is 5.97 Å². The zero-order valence-electron chi connectivity index (χ0n) is 8.35. The zero-order valence-corrected chi connectivity index (χ0v) is 9.11. The van der Waals surface area contributed by atoms with Crippen molar-refractivity contribution < 1.29 is 9.90 Å². The fourth-order valence-electron chi connectivity index (χ4n) is 1.62. The Balaban J connectivity index is 2.65. The fraction of sp³-hybridized carbons (Fsp3) is 0. The Morgan fingerprint density at radius 2 is 1.88 bits per heavy atom. The van der Waals surface area contributed by atoms with Crippen LogP contribution >= 0.6 is 11.6 Å². The van der Waals surface area contributed by atoms with Gasteiger partial charge in [-0.25, -0.2) is 4.79 Å². The minimum atomic E-state index is -0.968. The second-order valence-corrected chi connectivity index (χ2v) is 3.76. The molecule has 2 rings (SSSR count). The quantitative estimate of drug-likeness (QED) is 0.804. The molecule has 2 nitrogen and oxygen atoms in total. The molecule has 0 aromatic heterocycles. The predicted molar refractivity (Wildman–Crippen MR) is 65.6 cm³/mol. The number of halogens is 1. The van der Waals surface area contributed by atoms with E-state index >= 15 is 0 Å². The van der Waals surface area contributed by atoms with E-state index in [1.807, 2.05) is 30.3 Å². The van der Waals surface area contributed by atoms with E-state index in [1.165, 1.54) is 0 Å². The summed E-state index contributed by atoms with van der Waals surface area (Å²) in [6.45, 7) is 0. The first kappa shape index (κ1) is 10.7. The van der Waals surface area contributed by atoms with Crippen LogP contribution in [0.5, 0.6) is 0 Å². The van der Waals surface area contributed by atoms with Crippen molar-refractivity contribution in [2.24, 2.45) is 0 Å². The van der Waals surface area contributed by atoms with Gasteiger partial charge in [0.05, 0.1) is 0 Å². The highest BCUT2D eigenvalue weighted by Crippen LogP contribution is 2.27. The Labute approximate surface area is 97.8 Å². The molecule has 2 aromatic rings. The van der Waals surface area contributed by atoms with Crippen molar-refractivity contribution in [1.29, 1.82) is 0 Å². The summed E-state index contributed by atoms with van der Waals surface area (Å²) in [7, 11) is 0. The van der Waals surface area contributed by atoms with Gasteiger partial charge in [0.15, 0.2) is 0 Å². The number of carbonyl (C=O) groups is 1. The smallest absolute Gasteiger partial charge is 0.328 e. The van der Waals surface area contributed by atoms with Crippen LogP contribution < -0.4 is 0 Å². The lowest BCUT2D eigenvalue weighted by molar-refractivity contribution is -0.131. The Morgan fingerprint density at radius 3 is 2.56 bits per heavy atom. The first-order valence-electron chi connectivity index (χ1n) is 4.77. The van der Waals surface area contributed by atoms with Gasteiger partial charge < -0.3 is 5.11 Å². The van der Waals surface area contributed by atoms with Gasteiger partial charge in [-0.3, -0.25) is 0 Å². The second-order valence-electron chi connectivity index (χ2n) is 3.36. The van der Waals surface area contributed by atoms with Crippen molar-refractivity contribution in [3.63, 3.8) is 0 Å². The SMILES string of the molecule is O=C(O)/C=C/c1cccc2cccc(Cl)c12. The van der Waals surface area contributed by atoms with E-state index in [0.29, 0.717) is 5.02 Å². The third kappa shape index (κ3) is 2.07. The maximum Gasteiger partial charge on any atom is 0.328 e. The van der Waals surface area contributed by atoms with Gasteiger partial charge in [-0.05, 0) is 23.1 Å². The molecule has 0 heterocycles. The Morgan fingerprint density at radius 1 is 1.19 bits per heavy atom. The molecule has 80 valence electrons. The number of carboxylic acids is 1. The van der Waals surface area contributed by atoms with E-state index in [1.54, 1.807) is 12.1 Å². The number of carboxylic acid groups (broad SMARTS) is 1. The minimum absolute atomic E-state index is 0.628. The van der Waals surface area contributed by atoms with Gasteiger partial charge in [-0.2, -0.15) is 0 Å². The minimum Gasteiger partial charge on any atom is -0.478 e. The first-order valence-corrected chi connectivity index (χ1v) is 5.14. The molecule has 0 spiro atoms. The van der Waals surface area contributed by atoms with Crippen LogP contribution in [0.2, 0.25) is 5.02 Å². The number of rotatable bonds is 2. The summed E-state index contributed by atoms with van der Waals surface area (Å²) in [6, 6.07) is 11.3. The standard InChI is InChI=1S/C13H9ClO2/c14-11-6-2-5-9-3-1-4-10(13(9)11)7-8-12(15)16/h1-8H,(H,15,16)/b8-7+. The van der Waals surface area contributed by atoms with Crippen molar-refractivity contribution >= 4 is 34.4 Å². The fourth-order valence-corrected chi connectivity index (χ4v) is 1.91. The Kier molecular flexibility index (Phi) is 2.93. The third-order valence-corrected chi connectivity index (χ3v) is 2.61. The van der Waals surface area contributed by atoms with Crippen molar-refractivity contribution in [2.45, 2.75) is 0 Å². The molecule has 0 saturated heterocycles. The molecule has 0 aliphatic rings. The maximum atomic E-state index is 10.5. The maximum absolute atomic E-state index is 10.5. The number of fused-ring (bicyclic) bond motifs is 1. The Bertz CT molecular complexity index is 568. The lowest BCUT2D eigenvalue weighted by Gasteiger charge is -2.03. The molecule has 0 aliphatic heterocycles. The van der Waals surface area contributed by atoms with Gasteiger partial charge in [-0.15, -0.1) is 0 Å². The van der Waals surface area contributed by atoms with Crippen molar-refractivity contribution in [3.05, 3.63) is 53.1 Å². The molecule has 0 unspecified atom stereocenters. The van der Waals surface area contributed by atoms with E-state index in [4.69, 9.17) is 16.7 Å². The van der Waals surface area contributed by atoms with E-state index in [0.717, 1.165) is 22.4 Å². The molecule has 0 fully saturated rings. The molecule has 0 bridgehead atoms. The molecular formula is C13H9ClO2. The summed E-state index contributed by atoms with van der Waals surface area (Å²) in [5, 5.41) is 11.1. The molecule has 3 heteroatoms.